The molecule has 12 nitrogen and oxygen atoms in total. The molecule has 1 aromatic heterocycles. The number of amides is 4. The summed E-state index contributed by atoms with van der Waals surface area (Å²) in [5.41, 5.74) is 0.639. The van der Waals surface area contributed by atoms with E-state index < -0.39 is 53.7 Å². The SMILES string of the molecule is C=C[C@@H]1C[C@@H]([C@H](O)[C@@H](CC2CCCCC2)NC(=O)[C@H](Cc2cnc[nH]2)NC(=O)[C@H](Cc2ccccc2)NC(=O)OC(C)(C)C)C(=O)N1C. The van der Waals surface area contributed by atoms with Crippen LogP contribution in [0.4, 0.5) is 4.79 Å². The minimum absolute atomic E-state index is 0.0813. The smallest absolute Gasteiger partial charge is 0.408 e. The number of aliphatic hydroxyl groups excluding tert-OH is 1. The number of imidazole rings is 1. The van der Waals surface area contributed by atoms with E-state index in [1.807, 2.05) is 30.3 Å². The Morgan fingerprint density at radius 3 is 2.33 bits per heavy atom. The van der Waals surface area contributed by atoms with E-state index in [0.29, 0.717) is 18.5 Å². The first-order valence-electron chi connectivity index (χ1n) is 17.0. The van der Waals surface area contributed by atoms with E-state index in [2.05, 4.69) is 32.5 Å². The van der Waals surface area contributed by atoms with Crippen LogP contribution in [0.15, 0.2) is 55.5 Å². The maximum atomic E-state index is 14.1. The molecule has 1 aliphatic heterocycles. The van der Waals surface area contributed by atoms with Gasteiger partial charge in [-0.05, 0) is 45.1 Å². The van der Waals surface area contributed by atoms with Crippen LogP contribution in [0.25, 0.3) is 0 Å². The van der Waals surface area contributed by atoms with E-state index in [1.165, 1.54) is 6.33 Å². The average Bonchev–Trinajstić information content (AvgIpc) is 3.67. The van der Waals surface area contributed by atoms with Crippen molar-refractivity contribution >= 4 is 23.8 Å². The van der Waals surface area contributed by atoms with Gasteiger partial charge >= 0.3 is 6.09 Å². The van der Waals surface area contributed by atoms with E-state index in [0.717, 1.165) is 37.7 Å². The zero-order valence-corrected chi connectivity index (χ0v) is 28.6. The molecule has 2 fully saturated rings. The normalized spacial score (nSPS) is 21.1. The summed E-state index contributed by atoms with van der Waals surface area (Å²) in [5.74, 6) is -1.67. The number of benzene rings is 1. The highest BCUT2D eigenvalue weighted by Crippen LogP contribution is 2.33. The van der Waals surface area contributed by atoms with Crippen molar-refractivity contribution in [3.8, 4) is 0 Å². The van der Waals surface area contributed by atoms with Gasteiger partial charge in [0.2, 0.25) is 17.7 Å². The Hall–Kier alpha value is -4.19. The highest BCUT2D eigenvalue weighted by molar-refractivity contribution is 5.92. The molecule has 1 aliphatic carbocycles. The molecule has 12 heteroatoms. The summed E-state index contributed by atoms with van der Waals surface area (Å²) in [4.78, 5) is 62.7. The first-order valence-corrected chi connectivity index (χ1v) is 17.0. The van der Waals surface area contributed by atoms with Crippen LogP contribution in [0.2, 0.25) is 0 Å². The standard InChI is InChI=1S/C36H52N6O6/c1-6-26-20-27(34(46)42(26)5)31(43)28(17-23-13-9-7-10-14-23)39-33(45)30(19-25-21-37-22-38-25)40-32(44)29(18-24-15-11-8-12-16-24)41-35(47)48-36(2,3)4/h6,8,11-12,15-16,21-23,26-31,43H,1,7,9-10,13-14,17-20H2,2-5H3,(H,37,38)(H,39,45)(H,40,44)(H,41,47)/t26-,27+,28-,29+,30+,31+/m1/s1. The molecule has 1 saturated carbocycles. The molecule has 4 amide bonds. The van der Waals surface area contributed by atoms with Crippen LogP contribution in [-0.2, 0) is 32.0 Å². The maximum Gasteiger partial charge on any atom is 0.408 e. The molecule has 0 spiro atoms. The summed E-state index contributed by atoms with van der Waals surface area (Å²) < 4.78 is 5.44. The van der Waals surface area contributed by atoms with Crippen LogP contribution in [0.5, 0.6) is 0 Å². The van der Waals surface area contributed by atoms with Crippen LogP contribution in [0.3, 0.4) is 0 Å². The summed E-state index contributed by atoms with van der Waals surface area (Å²) >= 11 is 0. The van der Waals surface area contributed by atoms with E-state index >= 15 is 0 Å². The van der Waals surface area contributed by atoms with E-state index in [4.69, 9.17) is 4.74 Å². The Labute approximate surface area is 283 Å². The Kier molecular flexibility index (Phi) is 12.8. The van der Waals surface area contributed by atoms with Gasteiger partial charge in [-0.3, -0.25) is 14.4 Å². The number of aromatic nitrogens is 2. The predicted octanol–water partition coefficient (Wildman–Crippen LogP) is 3.42. The molecule has 2 heterocycles. The van der Waals surface area contributed by atoms with Crippen molar-refractivity contribution < 1.29 is 29.0 Å². The molecular formula is C36H52N6O6. The highest BCUT2D eigenvalue weighted by atomic mass is 16.6. The van der Waals surface area contributed by atoms with E-state index in [9.17, 15) is 24.3 Å². The lowest BCUT2D eigenvalue weighted by Gasteiger charge is -2.33. The summed E-state index contributed by atoms with van der Waals surface area (Å²) in [6.07, 6.45) is 9.33. The molecule has 1 saturated heterocycles. The van der Waals surface area contributed by atoms with Gasteiger partial charge in [-0.1, -0.05) is 68.5 Å². The number of nitrogens with one attached hydrogen (secondary N) is 4. The van der Waals surface area contributed by atoms with Crippen LogP contribution in [0.1, 0.15) is 77.0 Å². The van der Waals surface area contributed by atoms with Gasteiger partial charge < -0.3 is 35.7 Å². The van der Waals surface area contributed by atoms with Gasteiger partial charge in [-0.2, -0.15) is 0 Å². The zero-order valence-electron chi connectivity index (χ0n) is 28.6. The molecule has 0 unspecified atom stereocenters. The van der Waals surface area contributed by atoms with Gasteiger partial charge in [0.05, 0.1) is 30.4 Å². The molecule has 5 N–H and O–H groups in total. The number of nitrogens with zero attached hydrogens (tertiary/aromatic N) is 2. The van der Waals surface area contributed by atoms with Gasteiger partial charge in [0, 0.05) is 31.8 Å². The number of carbonyl (C=O) groups is 4. The molecule has 0 radical (unpaired) electrons. The van der Waals surface area contributed by atoms with Crippen LogP contribution in [0, 0.1) is 11.8 Å². The first kappa shape index (κ1) is 36.6. The number of aliphatic hydroxyl groups is 1. The Balaban J connectivity index is 1.57. The minimum atomic E-state index is -1.13. The van der Waals surface area contributed by atoms with Crippen molar-refractivity contribution in [3.63, 3.8) is 0 Å². The molecular weight excluding hydrogens is 612 g/mol. The second-order valence-corrected chi connectivity index (χ2v) is 14.2. The van der Waals surface area contributed by atoms with E-state index in [1.54, 1.807) is 45.0 Å². The summed E-state index contributed by atoms with van der Waals surface area (Å²) in [6, 6.07) is 6.19. The number of likely N-dealkylation sites (N-methyl/N-ethyl adjacent to an activating group) is 1. The largest absolute Gasteiger partial charge is 0.444 e. The Morgan fingerprint density at radius 1 is 1.06 bits per heavy atom. The second-order valence-electron chi connectivity index (χ2n) is 14.2. The van der Waals surface area contributed by atoms with Crippen molar-refractivity contribution in [2.45, 2.75) is 114 Å². The molecule has 2 aliphatic rings. The van der Waals surface area contributed by atoms with E-state index in [-0.39, 0.29) is 30.7 Å². The molecule has 0 bridgehead atoms. The van der Waals surface area contributed by atoms with Gasteiger partial charge in [0.1, 0.15) is 17.7 Å². The number of aromatic amines is 1. The van der Waals surface area contributed by atoms with Crippen LogP contribution < -0.4 is 16.0 Å². The average molecular weight is 665 g/mol. The first-order chi connectivity index (χ1) is 22.8. The Morgan fingerprint density at radius 2 is 1.73 bits per heavy atom. The number of H-pyrrole nitrogens is 1. The number of ether oxygens (including phenoxy) is 1. The summed E-state index contributed by atoms with van der Waals surface area (Å²) in [5, 5.41) is 20.3. The number of hydrogen-bond acceptors (Lipinski definition) is 7. The monoisotopic (exact) mass is 664 g/mol. The van der Waals surface area contributed by atoms with Crippen molar-refractivity contribution in [1.82, 2.24) is 30.8 Å². The third kappa shape index (κ3) is 10.4. The predicted molar refractivity (Wildman–Crippen MR) is 182 cm³/mol. The number of carbonyl (C=O) groups excluding carboxylic acids is 4. The third-order valence-corrected chi connectivity index (χ3v) is 9.30. The van der Waals surface area contributed by atoms with Crippen molar-refractivity contribution in [3.05, 3.63) is 66.8 Å². The fraction of sp³-hybridized carbons (Fsp3) is 0.583. The molecule has 48 heavy (non-hydrogen) atoms. The lowest BCUT2D eigenvalue weighted by Crippen LogP contribution is -2.58. The van der Waals surface area contributed by atoms with Gasteiger partial charge in [0.25, 0.3) is 0 Å². The lowest BCUT2D eigenvalue weighted by molar-refractivity contribution is -0.135. The Bertz CT molecular complexity index is 1370. The lowest BCUT2D eigenvalue weighted by atomic mass is 9.81. The topological polar surface area (TPSA) is 166 Å². The molecule has 6 atom stereocenters. The van der Waals surface area contributed by atoms with Gasteiger partial charge in [0.15, 0.2) is 0 Å². The van der Waals surface area contributed by atoms with Crippen molar-refractivity contribution in [2.75, 3.05) is 7.05 Å². The highest BCUT2D eigenvalue weighted by Gasteiger charge is 2.44. The van der Waals surface area contributed by atoms with Crippen molar-refractivity contribution in [2.24, 2.45) is 11.8 Å². The molecule has 1 aromatic carbocycles. The number of hydrogen-bond donors (Lipinski definition) is 5. The minimum Gasteiger partial charge on any atom is -0.444 e. The fourth-order valence-corrected chi connectivity index (χ4v) is 6.72. The number of likely N-dealkylation sites (tertiary alicyclic amines) is 1. The summed E-state index contributed by atoms with van der Waals surface area (Å²) in [6.45, 7) is 9.04. The van der Waals surface area contributed by atoms with Crippen molar-refractivity contribution in [1.29, 1.82) is 0 Å². The van der Waals surface area contributed by atoms with Gasteiger partial charge in [-0.15, -0.1) is 6.58 Å². The summed E-state index contributed by atoms with van der Waals surface area (Å²) in [7, 11) is 1.70. The molecule has 4 rings (SSSR count). The number of alkyl carbamates (subject to hydrolysis) is 1. The quantitative estimate of drug-likeness (QED) is 0.193. The fourth-order valence-electron chi connectivity index (χ4n) is 6.72. The maximum absolute atomic E-state index is 14.1. The van der Waals surface area contributed by atoms with Gasteiger partial charge in [-0.25, -0.2) is 9.78 Å². The number of rotatable bonds is 14. The van der Waals surface area contributed by atoms with Crippen LogP contribution >= 0.6 is 0 Å². The molecule has 262 valence electrons. The zero-order chi connectivity index (χ0) is 34.8. The van der Waals surface area contributed by atoms with Crippen LogP contribution in [-0.4, -0.2) is 86.7 Å². The third-order valence-electron chi connectivity index (χ3n) is 9.30. The second kappa shape index (κ2) is 16.8. The molecule has 2 aromatic rings.